The molecule has 0 saturated heterocycles. The number of aromatic amines is 1. The second-order valence-corrected chi connectivity index (χ2v) is 8.12. The zero-order chi connectivity index (χ0) is 20.1. The number of thioether (sulfide) groups is 1. The molecule has 1 aromatic carbocycles. The van der Waals surface area contributed by atoms with Gasteiger partial charge >= 0.3 is 5.97 Å². The lowest BCUT2D eigenvalue weighted by atomic mass is 10.1. The predicted octanol–water partition coefficient (Wildman–Crippen LogP) is 4.38. The van der Waals surface area contributed by atoms with Crippen molar-refractivity contribution < 1.29 is 14.3 Å². The number of esters is 1. The van der Waals surface area contributed by atoms with Gasteiger partial charge in [-0.15, -0.1) is 10.2 Å². The summed E-state index contributed by atoms with van der Waals surface area (Å²) in [4.78, 5) is 27.7. The summed E-state index contributed by atoms with van der Waals surface area (Å²) < 4.78 is 5.76. The summed E-state index contributed by atoms with van der Waals surface area (Å²) >= 11 is 2.70. The molecule has 9 heteroatoms. The first-order chi connectivity index (χ1) is 13.5. The first-order valence-electron chi connectivity index (χ1n) is 8.67. The highest BCUT2D eigenvalue weighted by atomic mass is 32.2. The molecule has 3 rings (SSSR count). The van der Waals surface area contributed by atoms with Gasteiger partial charge in [-0.2, -0.15) is 0 Å². The van der Waals surface area contributed by atoms with Gasteiger partial charge in [0.2, 0.25) is 5.13 Å². The largest absolute Gasteiger partial charge is 0.462 e. The van der Waals surface area contributed by atoms with E-state index < -0.39 is 5.97 Å². The van der Waals surface area contributed by atoms with E-state index in [0.717, 1.165) is 5.69 Å². The Morgan fingerprint density at radius 2 is 1.96 bits per heavy atom. The Bertz CT molecular complexity index is 982. The molecular formula is C19H20N4O3S2. The van der Waals surface area contributed by atoms with E-state index in [1.165, 1.54) is 23.1 Å². The third-order valence-corrected chi connectivity index (χ3v) is 5.93. The highest BCUT2D eigenvalue weighted by Gasteiger charge is 2.23. The fourth-order valence-corrected chi connectivity index (χ4v) is 4.35. The molecule has 2 aromatic heterocycles. The molecular weight excluding hydrogens is 396 g/mol. The predicted molar refractivity (Wildman–Crippen MR) is 111 cm³/mol. The number of nitrogens with zero attached hydrogens (tertiary/aromatic N) is 2. The van der Waals surface area contributed by atoms with Gasteiger partial charge in [0.15, 0.2) is 10.1 Å². The number of ether oxygens (including phenoxy) is 1. The molecule has 3 aromatic rings. The highest BCUT2D eigenvalue weighted by molar-refractivity contribution is 8.01. The number of para-hydroxylation sites is 1. The van der Waals surface area contributed by atoms with Crippen molar-refractivity contribution in [2.45, 2.75) is 25.1 Å². The number of carbonyl (C=O) groups excluding carboxylic acids is 2. The van der Waals surface area contributed by atoms with Gasteiger partial charge in [-0.1, -0.05) is 41.3 Å². The zero-order valence-electron chi connectivity index (χ0n) is 15.7. The lowest BCUT2D eigenvalue weighted by Gasteiger charge is -2.02. The van der Waals surface area contributed by atoms with Crippen LogP contribution in [0.5, 0.6) is 0 Å². The van der Waals surface area contributed by atoms with Gasteiger partial charge in [0.25, 0.3) is 0 Å². The Kier molecular flexibility index (Phi) is 6.48. The number of H-pyrrole nitrogens is 1. The standard InChI is InChI=1S/C19H20N4O3S2/c1-4-26-17(25)15-11(2)16(20-12(15)3)14(24)10-27-19-23-22-18(28-19)21-13-8-6-5-7-9-13/h5-9,20H,4,10H2,1-3H3,(H,21,22). The number of aromatic nitrogens is 3. The van der Waals surface area contributed by atoms with Crippen molar-refractivity contribution in [2.24, 2.45) is 0 Å². The maximum absolute atomic E-state index is 12.6. The van der Waals surface area contributed by atoms with Crippen LogP contribution < -0.4 is 5.32 Å². The van der Waals surface area contributed by atoms with Crippen LogP contribution in [-0.4, -0.2) is 39.3 Å². The Morgan fingerprint density at radius 1 is 1.21 bits per heavy atom. The topological polar surface area (TPSA) is 97.0 Å². The van der Waals surface area contributed by atoms with Crippen LogP contribution in [0.4, 0.5) is 10.8 Å². The van der Waals surface area contributed by atoms with E-state index in [9.17, 15) is 9.59 Å². The molecule has 0 aliphatic rings. The van der Waals surface area contributed by atoms with E-state index in [-0.39, 0.29) is 11.5 Å². The minimum absolute atomic E-state index is 0.103. The number of hydrogen-bond donors (Lipinski definition) is 2. The lowest BCUT2D eigenvalue weighted by Crippen LogP contribution is -2.08. The van der Waals surface area contributed by atoms with Gasteiger partial charge in [0, 0.05) is 11.4 Å². The first-order valence-corrected chi connectivity index (χ1v) is 10.5. The van der Waals surface area contributed by atoms with Crippen molar-refractivity contribution in [3.8, 4) is 0 Å². The fourth-order valence-electron chi connectivity index (χ4n) is 2.70. The van der Waals surface area contributed by atoms with E-state index in [1.807, 2.05) is 30.3 Å². The highest BCUT2D eigenvalue weighted by Crippen LogP contribution is 2.29. The van der Waals surface area contributed by atoms with E-state index in [2.05, 4.69) is 20.5 Å². The van der Waals surface area contributed by atoms with Crippen molar-refractivity contribution in [3.63, 3.8) is 0 Å². The molecule has 2 heterocycles. The fraction of sp³-hybridized carbons (Fsp3) is 0.263. The molecule has 0 unspecified atom stereocenters. The van der Waals surface area contributed by atoms with Crippen LogP contribution in [0.3, 0.4) is 0 Å². The van der Waals surface area contributed by atoms with Crippen molar-refractivity contribution in [3.05, 3.63) is 52.8 Å². The Balaban J connectivity index is 1.63. The molecule has 0 atom stereocenters. The Morgan fingerprint density at radius 3 is 2.68 bits per heavy atom. The molecule has 0 amide bonds. The average molecular weight is 417 g/mol. The van der Waals surface area contributed by atoms with Crippen LogP contribution in [0.2, 0.25) is 0 Å². The SMILES string of the molecule is CCOC(=O)c1c(C)[nH]c(C(=O)CSc2nnc(Nc3ccccc3)s2)c1C. The third-order valence-electron chi connectivity index (χ3n) is 3.95. The third kappa shape index (κ3) is 4.60. The molecule has 0 aliphatic heterocycles. The second-order valence-electron chi connectivity index (χ2n) is 5.92. The van der Waals surface area contributed by atoms with Crippen molar-refractivity contribution >= 4 is 45.7 Å². The van der Waals surface area contributed by atoms with Gasteiger partial charge in [0.1, 0.15) is 0 Å². The number of rotatable bonds is 8. The van der Waals surface area contributed by atoms with Crippen LogP contribution in [0, 0.1) is 13.8 Å². The average Bonchev–Trinajstić information content (AvgIpc) is 3.24. The monoisotopic (exact) mass is 416 g/mol. The smallest absolute Gasteiger partial charge is 0.340 e. The minimum atomic E-state index is -0.416. The summed E-state index contributed by atoms with van der Waals surface area (Å²) in [6.07, 6.45) is 0. The first kappa shape index (κ1) is 20.1. The zero-order valence-corrected chi connectivity index (χ0v) is 17.4. The maximum Gasteiger partial charge on any atom is 0.340 e. The Labute approximate surface area is 170 Å². The number of carbonyl (C=O) groups is 2. The summed E-state index contributed by atoms with van der Waals surface area (Å²) in [6.45, 7) is 5.55. The van der Waals surface area contributed by atoms with E-state index in [1.54, 1.807) is 20.8 Å². The van der Waals surface area contributed by atoms with E-state index in [0.29, 0.717) is 38.6 Å². The minimum Gasteiger partial charge on any atom is -0.462 e. The molecule has 0 aliphatic carbocycles. The number of ketones is 1. The quantitative estimate of drug-likeness (QED) is 0.319. The number of hydrogen-bond acceptors (Lipinski definition) is 8. The van der Waals surface area contributed by atoms with Gasteiger partial charge < -0.3 is 15.0 Å². The molecule has 146 valence electrons. The molecule has 2 N–H and O–H groups in total. The number of aryl methyl sites for hydroxylation is 1. The molecule has 28 heavy (non-hydrogen) atoms. The van der Waals surface area contributed by atoms with Crippen LogP contribution in [-0.2, 0) is 4.74 Å². The van der Waals surface area contributed by atoms with Crippen LogP contribution >= 0.6 is 23.1 Å². The number of anilines is 2. The summed E-state index contributed by atoms with van der Waals surface area (Å²) in [6, 6.07) is 9.69. The Hall–Kier alpha value is -2.65. The summed E-state index contributed by atoms with van der Waals surface area (Å²) in [5.74, 6) is -0.321. The summed E-state index contributed by atoms with van der Waals surface area (Å²) in [5.41, 5.74) is 3.04. The molecule has 0 spiro atoms. The molecule has 0 radical (unpaired) electrons. The van der Waals surface area contributed by atoms with Crippen molar-refractivity contribution in [1.29, 1.82) is 0 Å². The van der Waals surface area contributed by atoms with Gasteiger partial charge in [0.05, 0.1) is 23.6 Å². The molecule has 0 fully saturated rings. The molecule has 0 saturated carbocycles. The number of benzene rings is 1. The van der Waals surface area contributed by atoms with E-state index in [4.69, 9.17) is 4.74 Å². The van der Waals surface area contributed by atoms with Crippen molar-refractivity contribution in [2.75, 3.05) is 17.7 Å². The van der Waals surface area contributed by atoms with Crippen LogP contribution in [0.25, 0.3) is 0 Å². The second kappa shape index (κ2) is 9.03. The summed E-state index contributed by atoms with van der Waals surface area (Å²) in [7, 11) is 0. The van der Waals surface area contributed by atoms with Crippen molar-refractivity contribution in [1.82, 2.24) is 15.2 Å². The van der Waals surface area contributed by atoms with Gasteiger partial charge in [-0.3, -0.25) is 4.79 Å². The number of nitrogens with one attached hydrogen (secondary N) is 2. The van der Waals surface area contributed by atoms with Gasteiger partial charge in [-0.05, 0) is 38.5 Å². The molecule has 0 bridgehead atoms. The summed E-state index contributed by atoms with van der Waals surface area (Å²) in [5, 5.41) is 12.0. The normalized spacial score (nSPS) is 10.7. The van der Waals surface area contributed by atoms with Gasteiger partial charge in [-0.25, -0.2) is 4.79 Å². The van der Waals surface area contributed by atoms with Crippen LogP contribution in [0.1, 0.15) is 39.0 Å². The maximum atomic E-state index is 12.6. The van der Waals surface area contributed by atoms with E-state index >= 15 is 0 Å². The van der Waals surface area contributed by atoms with Crippen LogP contribution in [0.15, 0.2) is 34.7 Å². The lowest BCUT2D eigenvalue weighted by molar-refractivity contribution is 0.0525. The molecule has 7 nitrogen and oxygen atoms in total. The number of Topliss-reactive ketones (excluding diaryl/α,β-unsaturated/α-hetero) is 1.